The van der Waals surface area contributed by atoms with Crippen LogP contribution in [0.2, 0.25) is 0 Å². The number of benzene rings is 1. The van der Waals surface area contributed by atoms with Gasteiger partial charge in [-0.2, -0.15) is 0 Å². The highest BCUT2D eigenvalue weighted by Crippen LogP contribution is 2.34. The third-order valence-corrected chi connectivity index (χ3v) is 3.71. The summed E-state index contributed by atoms with van der Waals surface area (Å²) in [5.74, 6) is 3.68. The predicted molar refractivity (Wildman–Crippen MR) is 102 cm³/mol. The van der Waals surface area contributed by atoms with Gasteiger partial charge in [0.05, 0.1) is 21.3 Å². The minimum absolute atomic E-state index is 0. The van der Waals surface area contributed by atoms with E-state index in [1.165, 1.54) is 12.8 Å². The molecule has 2 N–H and O–H groups in total. The van der Waals surface area contributed by atoms with Gasteiger partial charge in [-0.05, 0) is 24.8 Å². The Bertz CT molecular complexity index is 534. The van der Waals surface area contributed by atoms with E-state index >= 15 is 0 Å². The van der Waals surface area contributed by atoms with Crippen LogP contribution in [0, 0.1) is 5.92 Å². The summed E-state index contributed by atoms with van der Waals surface area (Å²) in [6, 6.07) is 3.75. The van der Waals surface area contributed by atoms with Gasteiger partial charge in [-0.1, -0.05) is 0 Å². The molecule has 7 heteroatoms. The van der Waals surface area contributed by atoms with E-state index in [0.29, 0.717) is 18.0 Å². The molecule has 0 heterocycles. The van der Waals surface area contributed by atoms with Crippen molar-refractivity contribution in [3.8, 4) is 17.2 Å². The zero-order valence-electron chi connectivity index (χ0n) is 14.1. The highest BCUT2D eigenvalue weighted by molar-refractivity contribution is 14.0. The van der Waals surface area contributed by atoms with Gasteiger partial charge >= 0.3 is 0 Å². The van der Waals surface area contributed by atoms with E-state index in [1.54, 1.807) is 28.4 Å². The van der Waals surface area contributed by atoms with Gasteiger partial charge in [-0.15, -0.1) is 24.0 Å². The van der Waals surface area contributed by atoms with Gasteiger partial charge in [0.15, 0.2) is 17.5 Å². The molecule has 1 fully saturated rings. The lowest BCUT2D eigenvalue weighted by molar-refractivity contribution is 0.347. The number of hydrogen-bond acceptors (Lipinski definition) is 4. The lowest BCUT2D eigenvalue weighted by Gasteiger charge is -2.16. The van der Waals surface area contributed by atoms with E-state index < -0.39 is 0 Å². The molecule has 0 aliphatic heterocycles. The van der Waals surface area contributed by atoms with Crippen LogP contribution in [-0.4, -0.2) is 40.9 Å². The molecule has 23 heavy (non-hydrogen) atoms. The van der Waals surface area contributed by atoms with Crippen molar-refractivity contribution in [2.75, 3.05) is 34.9 Å². The molecular weight excluding hydrogens is 409 g/mol. The average Bonchev–Trinajstić information content (AvgIpc) is 3.38. The van der Waals surface area contributed by atoms with Crippen LogP contribution in [0.25, 0.3) is 0 Å². The normalized spacial score (nSPS) is 13.8. The SMILES string of the molecule is CN=C(NCc1cc(OC)c(OC)cc1OC)NCC1CC1.I. The smallest absolute Gasteiger partial charge is 0.191 e. The van der Waals surface area contributed by atoms with Crippen LogP contribution in [0.15, 0.2) is 17.1 Å². The Hall–Kier alpha value is -1.38. The molecule has 1 aliphatic carbocycles. The summed E-state index contributed by atoms with van der Waals surface area (Å²) in [6.45, 7) is 1.57. The lowest BCUT2D eigenvalue weighted by Crippen LogP contribution is -2.37. The Kier molecular flexibility index (Phi) is 8.29. The first kappa shape index (κ1) is 19.7. The highest BCUT2D eigenvalue weighted by Gasteiger charge is 2.21. The third kappa shape index (κ3) is 5.63. The Morgan fingerprint density at radius 2 is 1.65 bits per heavy atom. The van der Waals surface area contributed by atoms with Gasteiger partial charge in [-0.3, -0.25) is 4.99 Å². The van der Waals surface area contributed by atoms with E-state index in [4.69, 9.17) is 14.2 Å². The fraction of sp³-hybridized carbons (Fsp3) is 0.562. The lowest BCUT2D eigenvalue weighted by atomic mass is 10.1. The van der Waals surface area contributed by atoms with Gasteiger partial charge < -0.3 is 24.8 Å². The fourth-order valence-corrected chi connectivity index (χ4v) is 2.19. The van der Waals surface area contributed by atoms with Gasteiger partial charge in [0, 0.05) is 31.8 Å². The van der Waals surface area contributed by atoms with Gasteiger partial charge in [0.1, 0.15) is 5.75 Å². The second-order valence-corrected chi connectivity index (χ2v) is 5.27. The van der Waals surface area contributed by atoms with Crippen LogP contribution in [0.4, 0.5) is 0 Å². The minimum atomic E-state index is 0. The average molecular weight is 435 g/mol. The number of rotatable bonds is 7. The zero-order chi connectivity index (χ0) is 15.9. The van der Waals surface area contributed by atoms with E-state index in [2.05, 4.69) is 15.6 Å². The molecule has 6 nitrogen and oxygen atoms in total. The number of methoxy groups -OCH3 is 3. The number of nitrogens with one attached hydrogen (secondary N) is 2. The molecule has 0 spiro atoms. The van der Waals surface area contributed by atoms with Crippen molar-refractivity contribution < 1.29 is 14.2 Å². The second-order valence-electron chi connectivity index (χ2n) is 5.27. The van der Waals surface area contributed by atoms with E-state index in [1.807, 2.05) is 12.1 Å². The Morgan fingerprint density at radius 1 is 1.04 bits per heavy atom. The Balaban J connectivity index is 0.00000264. The molecule has 0 amide bonds. The first-order valence-corrected chi connectivity index (χ1v) is 7.45. The molecule has 130 valence electrons. The van der Waals surface area contributed by atoms with Crippen molar-refractivity contribution in [2.45, 2.75) is 19.4 Å². The van der Waals surface area contributed by atoms with Crippen LogP contribution in [0.1, 0.15) is 18.4 Å². The first-order valence-electron chi connectivity index (χ1n) is 7.45. The molecule has 1 aliphatic rings. The maximum Gasteiger partial charge on any atom is 0.191 e. The standard InChI is InChI=1S/C16H25N3O3.HI/c1-17-16(18-9-11-5-6-11)19-10-12-7-14(21-3)15(22-4)8-13(12)20-2;/h7-8,11H,5-6,9-10H2,1-4H3,(H2,17,18,19);1H. The molecule has 0 atom stereocenters. The van der Waals surface area contributed by atoms with Crippen LogP contribution in [0.3, 0.4) is 0 Å². The van der Waals surface area contributed by atoms with Gasteiger partial charge in [0.25, 0.3) is 0 Å². The third-order valence-electron chi connectivity index (χ3n) is 3.71. The summed E-state index contributed by atoms with van der Waals surface area (Å²) in [4.78, 5) is 4.23. The van der Waals surface area contributed by atoms with E-state index in [9.17, 15) is 0 Å². The molecule has 0 unspecified atom stereocenters. The number of aliphatic imine (C=N–C) groups is 1. The topological polar surface area (TPSA) is 64.1 Å². The zero-order valence-corrected chi connectivity index (χ0v) is 16.5. The fourth-order valence-electron chi connectivity index (χ4n) is 2.19. The number of nitrogens with zero attached hydrogens (tertiary/aromatic N) is 1. The summed E-state index contributed by atoms with van der Waals surface area (Å²) < 4.78 is 16.1. The summed E-state index contributed by atoms with van der Waals surface area (Å²) in [5, 5.41) is 6.63. The van der Waals surface area contributed by atoms with Crippen molar-refractivity contribution in [1.82, 2.24) is 10.6 Å². The molecule has 0 aromatic heterocycles. The largest absolute Gasteiger partial charge is 0.496 e. The molecule has 1 aromatic rings. The maximum atomic E-state index is 5.43. The van der Waals surface area contributed by atoms with E-state index in [0.717, 1.165) is 29.7 Å². The van der Waals surface area contributed by atoms with Crippen LogP contribution in [-0.2, 0) is 6.54 Å². The van der Waals surface area contributed by atoms with Crippen LogP contribution < -0.4 is 24.8 Å². The summed E-state index contributed by atoms with van der Waals surface area (Å²) in [5.41, 5.74) is 0.981. The van der Waals surface area contributed by atoms with Crippen molar-refractivity contribution in [2.24, 2.45) is 10.9 Å². The summed E-state index contributed by atoms with van der Waals surface area (Å²) >= 11 is 0. The molecule has 0 saturated heterocycles. The van der Waals surface area contributed by atoms with Crippen LogP contribution in [0.5, 0.6) is 17.2 Å². The van der Waals surface area contributed by atoms with Crippen molar-refractivity contribution in [1.29, 1.82) is 0 Å². The molecule has 2 rings (SSSR count). The van der Waals surface area contributed by atoms with Gasteiger partial charge in [0.2, 0.25) is 0 Å². The maximum absolute atomic E-state index is 5.43. The minimum Gasteiger partial charge on any atom is -0.496 e. The molecule has 1 saturated carbocycles. The Morgan fingerprint density at radius 3 is 2.17 bits per heavy atom. The van der Waals surface area contributed by atoms with Crippen molar-refractivity contribution in [3.05, 3.63) is 17.7 Å². The Labute approximate surface area is 155 Å². The molecule has 0 radical (unpaired) electrons. The second kappa shape index (κ2) is 9.69. The molecule has 0 bridgehead atoms. The summed E-state index contributed by atoms with van der Waals surface area (Å²) in [7, 11) is 6.65. The van der Waals surface area contributed by atoms with E-state index in [-0.39, 0.29) is 24.0 Å². The van der Waals surface area contributed by atoms with Crippen LogP contribution >= 0.6 is 24.0 Å². The predicted octanol–water partition coefficient (Wildman–Crippen LogP) is 2.41. The highest BCUT2D eigenvalue weighted by atomic mass is 127. The van der Waals surface area contributed by atoms with Crippen molar-refractivity contribution >= 4 is 29.9 Å². The number of ether oxygens (including phenoxy) is 3. The number of hydrogen-bond donors (Lipinski definition) is 2. The van der Waals surface area contributed by atoms with Crippen molar-refractivity contribution in [3.63, 3.8) is 0 Å². The monoisotopic (exact) mass is 435 g/mol. The molecule has 1 aromatic carbocycles. The number of guanidine groups is 1. The molecular formula is C16H26IN3O3. The first-order chi connectivity index (χ1) is 10.7. The van der Waals surface area contributed by atoms with Gasteiger partial charge in [-0.25, -0.2) is 0 Å². The quantitative estimate of drug-likeness (QED) is 0.391. The number of halogens is 1. The summed E-state index contributed by atoms with van der Waals surface area (Å²) in [6.07, 6.45) is 2.63.